The molecule has 2 aromatic carbocycles. The summed E-state index contributed by atoms with van der Waals surface area (Å²) < 4.78 is 5.35. The van der Waals surface area contributed by atoms with Crippen molar-refractivity contribution in [1.29, 1.82) is 0 Å². The van der Waals surface area contributed by atoms with Gasteiger partial charge in [-0.25, -0.2) is 0 Å². The summed E-state index contributed by atoms with van der Waals surface area (Å²) in [5.74, 6) is 0.764. The Balaban J connectivity index is 2.12. The standard InChI is InChI=1S/C19H19ClN2O2/c1-12(23)21-10-9-14-16-11-13(24-2)7-8-18(16)22-19(14)15-5-3-4-6-17(15)20/h3-8,11,22H,9-10H2,1-2H3,(H,21,23). The quantitative estimate of drug-likeness (QED) is 0.731. The lowest BCUT2D eigenvalue weighted by Gasteiger charge is -2.08. The highest BCUT2D eigenvalue weighted by molar-refractivity contribution is 6.33. The fraction of sp³-hybridized carbons (Fsp3) is 0.211. The highest BCUT2D eigenvalue weighted by Gasteiger charge is 2.15. The van der Waals surface area contributed by atoms with E-state index in [1.807, 2.05) is 42.5 Å². The van der Waals surface area contributed by atoms with Gasteiger partial charge in [-0.2, -0.15) is 0 Å². The number of amides is 1. The Hall–Kier alpha value is -2.46. The van der Waals surface area contributed by atoms with Crippen LogP contribution in [0.4, 0.5) is 0 Å². The molecule has 124 valence electrons. The third kappa shape index (κ3) is 3.24. The first kappa shape index (κ1) is 16.4. The number of aromatic nitrogens is 1. The molecule has 0 atom stereocenters. The molecular weight excluding hydrogens is 324 g/mol. The van der Waals surface area contributed by atoms with E-state index in [4.69, 9.17) is 16.3 Å². The number of rotatable bonds is 5. The zero-order chi connectivity index (χ0) is 17.1. The SMILES string of the molecule is COc1ccc2[nH]c(-c3ccccc3Cl)c(CCNC(C)=O)c2c1. The van der Waals surface area contributed by atoms with Gasteiger partial charge in [0.05, 0.1) is 12.8 Å². The zero-order valence-corrected chi connectivity index (χ0v) is 14.4. The number of methoxy groups -OCH3 is 1. The Morgan fingerprint density at radius 3 is 2.75 bits per heavy atom. The van der Waals surface area contributed by atoms with Gasteiger partial charge in [0.25, 0.3) is 0 Å². The lowest BCUT2D eigenvalue weighted by atomic mass is 10.0. The molecule has 0 unspecified atom stereocenters. The molecule has 0 aliphatic rings. The Morgan fingerprint density at radius 2 is 2.04 bits per heavy atom. The van der Waals surface area contributed by atoms with Crippen LogP contribution in [0, 0.1) is 0 Å². The van der Waals surface area contributed by atoms with Crippen LogP contribution < -0.4 is 10.1 Å². The number of benzene rings is 2. The van der Waals surface area contributed by atoms with E-state index in [1.54, 1.807) is 7.11 Å². The van der Waals surface area contributed by atoms with Crippen LogP contribution in [0.5, 0.6) is 5.75 Å². The number of nitrogens with one attached hydrogen (secondary N) is 2. The lowest BCUT2D eigenvalue weighted by Crippen LogP contribution is -2.22. The Morgan fingerprint density at radius 1 is 1.25 bits per heavy atom. The van der Waals surface area contributed by atoms with E-state index in [9.17, 15) is 4.79 Å². The molecule has 1 amide bonds. The number of aromatic amines is 1. The molecule has 3 aromatic rings. The second-order valence-electron chi connectivity index (χ2n) is 5.60. The van der Waals surface area contributed by atoms with Gasteiger partial charge < -0.3 is 15.0 Å². The Labute approximate surface area is 145 Å². The van der Waals surface area contributed by atoms with Crippen molar-refractivity contribution in [3.05, 3.63) is 53.1 Å². The minimum atomic E-state index is -0.0354. The van der Waals surface area contributed by atoms with Crippen LogP contribution in [0.2, 0.25) is 5.02 Å². The van der Waals surface area contributed by atoms with Gasteiger partial charge in [0.15, 0.2) is 0 Å². The van der Waals surface area contributed by atoms with Gasteiger partial charge in [0.1, 0.15) is 5.75 Å². The monoisotopic (exact) mass is 342 g/mol. The molecule has 0 aliphatic heterocycles. The molecule has 2 N–H and O–H groups in total. The van der Waals surface area contributed by atoms with Crippen LogP contribution in [0.25, 0.3) is 22.2 Å². The molecule has 5 heteroatoms. The largest absolute Gasteiger partial charge is 0.497 e. The van der Waals surface area contributed by atoms with Gasteiger partial charge in [-0.05, 0) is 36.2 Å². The van der Waals surface area contributed by atoms with Crippen molar-refractivity contribution in [3.8, 4) is 17.0 Å². The molecule has 0 radical (unpaired) electrons. The number of carbonyl (C=O) groups is 1. The van der Waals surface area contributed by atoms with Gasteiger partial charge in [-0.1, -0.05) is 29.8 Å². The fourth-order valence-corrected chi connectivity index (χ4v) is 3.10. The minimum absolute atomic E-state index is 0.0354. The summed E-state index contributed by atoms with van der Waals surface area (Å²) in [4.78, 5) is 14.6. The number of carbonyl (C=O) groups excluding carboxylic acids is 1. The third-order valence-electron chi connectivity index (χ3n) is 4.01. The summed E-state index contributed by atoms with van der Waals surface area (Å²) in [5.41, 5.74) is 4.07. The molecular formula is C19H19ClN2O2. The maximum atomic E-state index is 11.2. The van der Waals surface area contributed by atoms with Crippen molar-refractivity contribution in [1.82, 2.24) is 10.3 Å². The maximum Gasteiger partial charge on any atom is 0.216 e. The van der Waals surface area contributed by atoms with Gasteiger partial charge >= 0.3 is 0 Å². The van der Waals surface area contributed by atoms with E-state index in [1.165, 1.54) is 6.92 Å². The number of halogens is 1. The first-order valence-corrected chi connectivity index (χ1v) is 8.16. The molecule has 1 heterocycles. The summed E-state index contributed by atoms with van der Waals surface area (Å²) in [6, 6.07) is 13.7. The van der Waals surface area contributed by atoms with Crippen LogP contribution in [-0.4, -0.2) is 24.5 Å². The van der Waals surface area contributed by atoms with Gasteiger partial charge in [0, 0.05) is 35.0 Å². The molecule has 0 aliphatic carbocycles. The molecule has 0 fully saturated rings. The molecule has 3 rings (SSSR count). The lowest BCUT2D eigenvalue weighted by molar-refractivity contribution is -0.118. The van der Waals surface area contributed by atoms with Gasteiger partial charge in [-0.15, -0.1) is 0 Å². The first-order chi connectivity index (χ1) is 11.6. The number of ether oxygens (including phenoxy) is 1. The number of hydrogen-bond donors (Lipinski definition) is 2. The predicted octanol–water partition coefficient (Wildman–Crippen LogP) is 4.18. The van der Waals surface area contributed by atoms with E-state index < -0.39 is 0 Å². The van der Waals surface area contributed by atoms with Crippen molar-refractivity contribution in [2.45, 2.75) is 13.3 Å². The van der Waals surface area contributed by atoms with Crippen molar-refractivity contribution in [2.75, 3.05) is 13.7 Å². The number of H-pyrrole nitrogens is 1. The first-order valence-electron chi connectivity index (χ1n) is 7.78. The summed E-state index contributed by atoms with van der Waals surface area (Å²) in [6.45, 7) is 2.09. The fourth-order valence-electron chi connectivity index (χ4n) is 2.87. The topological polar surface area (TPSA) is 54.1 Å². The molecule has 4 nitrogen and oxygen atoms in total. The summed E-state index contributed by atoms with van der Waals surface area (Å²) >= 11 is 6.39. The summed E-state index contributed by atoms with van der Waals surface area (Å²) in [6.07, 6.45) is 0.702. The molecule has 24 heavy (non-hydrogen) atoms. The molecule has 0 spiro atoms. The normalized spacial score (nSPS) is 10.8. The van der Waals surface area contributed by atoms with Crippen LogP contribution in [-0.2, 0) is 11.2 Å². The molecule has 0 saturated heterocycles. The van der Waals surface area contributed by atoms with Crippen molar-refractivity contribution >= 4 is 28.4 Å². The van der Waals surface area contributed by atoms with Gasteiger partial charge in [0.2, 0.25) is 5.91 Å². The average Bonchev–Trinajstić information content (AvgIpc) is 2.92. The number of fused-ring (bicyclic) bond motifs is 1. The third-order valence-corrected chi connectivity index (χ3v) is 4.34. The Bertz CT molecular complexity index is 886. The Kier molecular flexibility index (Phi) is 4.76. The van der Waals surface area contributed by atoms with Crippen LogP contribution in [0.15, 0.2) is 42.5 Å². The van der Waals surface area contributed by atoms with E-state index in [0.717, 1.165) is 33.5 Å². The van der Waals surface area contributed by atoms with Crippen molar-refractivity contribution < 1.29 is 9.53 Å². The van der Waals surface area contributed by atoms with E-state index in [-0.39, 0.29) is 5.91 Å². The zero-order valence-electron chi connectivity index (χ0n) is 13.7. The minimum Gasteiger partial charge on any atom is -0.497 e. The highest BCUT2D eigenvalue weighted by atomic mass is 35.5. The van der Waals surface area contributed by atoms with Gasteiger partial charge in [-0.3, -0.25) is 4.79 Å². The summed E-state index contributed by atoms with van der Waals surface area (Å²) in [5, 5.41) is 4.62. The van der Waals surface area contributed by atoms with Crippen molar-refractivity contribution in [2.24, 2.45) is 0 Å². The van der Waals surface area contributed by atoms with Crippen LogP contribution in [0.3, 0.4) is 0 Å². The molecule has 1 aromatic heterocycles. The summed E-state index contributed by atoms with van der Waals surface area (Å²) in [7, 11) is 1.65. The van der Waals surface area contributed by atoms with Crippen LogP contribution >= 0.6 is 11.6 Å². The van der Waals surface area contributed by atoms with E-state index in [2.05, 4.69) is 10.3 Å². The average molecular weight is 343 g/mol. The molecule has 0 bridgehead atoms. The highest BCUT2D eigenvalue weighted by Crippen LogP contribution is 2.35. The second-order valence-corrected chi connectivity index (χ2v) is 6.01. The van der Waals surface area contributed by atoms with E-state index >= 15 is 0 Å². The van der Waals surface area contributed by atoms with Crippen molar-refractivity contribution in [3.63, 3.8) is 0 Å². The second kappa shape index (κ2) is 6.97. The smallest absolute Gasteiger partial charge is 0.216 e. The maximum absolute atomic E-state index is 11.2. The predicted molar refractivity (Wildman–Crippen MR) is 97.7 cm³/mol. The number of hydrogen-bond acceptors (Lipinski definition) is 2. The van der Waals surface area contributed by atoms with Crippen LogP contribution in [0.1, 0.15) is 12.5 Å². The van der Waals surface area contributed by atoms with E-state index in [0.29, 0.717) is 18.0 Å². The molecule has 0 saturated carbocycles.